The van der Waals surface area contributed by atoms with Crippen molar-refractivity contribution < 1.29 is 4.74 Å². The van der Waals surface area contributed by atoms with E-state index < -0.39 is 0 Å². The number of para-hydroxylation sites is 1. The molecule has 5 nitrogen and oxygen atoms in total. The minimum atomic E-state index is 0.688. The van der Waals surface area contributed by atoms with Crippen LogP contribution in [0.15, 0.2) is 35.3 Å². The molecule has 0 spiro atoms. The van der Waals surface area contributed by atoms with Gasteiger partial charge in [0.25, 0.3) is 0 Å². The molecular formula is C18H26N4OS. The van der Waals surface area contributed by atoms with Crippen LogP contribution in [-0.4, -0.2) is 37.7 Å². The Bertz CT molecular complexity index is 640. The molecule has 2 N–H and O–H groups in total. The number of aliphatic imine (C=N–C) groups is 1. The van der Waals surface area contributed by atoms with E-state index >= 15 is 0 Å². The Morgan fingerprint density at radius 2 is 1.92 bits per heavy atom. The smallest absolute Gasteiger partial charge is 0.190 e. The Kier molecular flexibility index (Phi) is 7.55. The first-order chi connectivity index (χ1) is 11.7. The van der Waals surface area contributed by atoms with Gasteiger partial charge in [-0.15, -0.1) is 11.3 Å². The number of nitrogens with zero attached hydrogens (tertiary/aromatic N) is 2. The number of benzene rings is 1. The third-order valence-corrected chi connectivity index (χ3v) is 4.63. The third-order valence-electron chi connectivity index (χ3n) is 3.49. The molecule has 0 amide bonds. The SMILES string of the molecule is CN=C(NCCCOc1ccccc1)NCCc1sc(C)nc1C. The molecular weight excluding hydrogens is 320 g/mol. The van der Waals surface area contributed by atoms with Crippen molar-refractivity contribution in [3.8, 4) is 5.75 Å². The molecule has 1 aromatic carbocycles. The molecule has 1 aromatic heterocycles. The number of nitrogens with one attached hydrogen (secondary N) is 2. The number of guanidine groups is 1. The van der Waals surface area contributed by atoms with Crippen LogP contribution in [0.1, 0.15) is 22.0 Å². The lowest BCUT2D eigenvalue weighted by atomic mass is 10.3. The van der Waals surface area contributed by atoms with Crippen molar-refractivity contribution >= 4 is 17.3 Å². The molecule has 2 aromatic rings. The van der Waals surface area contributed by atoms with E-state index in [1.165, 1.54) is 4.88 Å². The zero-order valence-electron chi connectivity index (χ0n) is 14.6. The summed E-state index contributed by atoms with van der Waals surface area (Å²) in [5, 5.41) is 7.78. The standard InChI is InChI=1S/C18H26N4OS/c1-14-17(24-15(2)22-14)10-12-21-18(19-3)20-11-7-13-23-16-8-5-4-6-9-16/h4-6,8-9H,7,10-13H2,1-3H3,(H2,19,20,21). The second-order valence-electron chi connectivity index (χ2n) is 5.43. The number of aryl methyl sites for hydroxylation is 2. The predicted molar refractivity (Wildman–Crippen MR) is 101 cm³/mol. The first-order valence-corrected chi connectivity index (χ1v) is 9.06. The molecule has 0 aliphatic carbocycles. The normalized spacial score (nSPS) is 11.4. The average molecular weight is 347 g/mol. The number of hydrogen-bond acceptors (Lipinski definition) is 4. The Hall–Kier alpha value is -2.08. The van der Waals surface area contributed by atoms with E-state index in [4.69, 9.17) is 4.74 Å². The molecule has 2 rings (SSSR count). The lowest BCUT2D eigenvalue weighted by molar-refractivity contribution is 0.311. The van der Waals surface area contributed by atoms with Gasteiger partial charge < -0.3 is 15.4 Å². The van der Waals surface area contributed by atoms with Gasteiger partial charge >= 0.3 is 0 Å². The maximum absolute atomic E-state index is 5.67. The first-order valence-electron chi connectivity index (χ1n) is 8.24. The van der Waals surface area contributed by atoms with Gasteiger partial charge in [-0.1, -0.05) is 18.2 Å². The monoisotopic (exact) mass is 346 g/mol. The fourth-order valence-electron chi connectivity index (χ4n) is 2.31. The topological polar surface area (TPSA) is 58.5 Å². The lowest BCUT2D eigenvalue weighted by Gasteiger charge is -2.12. The summed E-state index contributed by atoms with van der Waals surface area (Å²) in [6, 6.07) is 9.88. The van der Waals surface area contributed by atoms with E-state index in [2.05, 4.69) is 27.5 Å². The molecule has 0 bridgehead atoms. The van der Waals surface area contributed by atoms with E-state index in [1.807, 2.05) is 37.3 Å². The van der Waals surface area contributed by atoms with Crippen LogP contribution in [0.5, 0.6) is 5.75 Å². The van der Waals surface area contributed by atoms with E-state index in [9.17, 15) is 0 Å². The molecule has 0 unspecified atom stereocenters. The number of thiazole rings is 1. The van der Waals surface area contributed by atoms with Crippen molar-refractivity contribution in [3.05, 3.63) is 45.9 Å². The fraction of sp³-hybridized carbons (Fsp3) is 0.444. The fourth-order valence-corrected chi connectivity index (χ4v) is 3.24. The van der Waals surface area contributed by atoms with E-state index in [1.54, 1.807) is 18.4 Å². The largest absolute Gasteiger partial charge is 0.494 e. The van der Waals surface area contributed by atoms with Gasteiger partial charge in [0.1, 0.15) is 5.75 Å². The van der Waals surface area contributed by atoms with Gasteiger partial charge in [0, 0.05) is 31.4 Å². The average Bonchev–Trinajstić information content (AvgIpc) is 2.91. The van der Waals surface area contributed by atoms with Crippen molar-refractivity contribution in [2.75, 3.05) is 26.7 Å². The van der Waals surface area contributed by atoms with Crippen LogP contribution in [-0.2, 0) is 6.42 Å². The van der Waals surface area contributed by atoms with E-state index in [0.717, 1.165) is 48.3 Å². The second-order valence-corrected chi connectivity index (χ2v) is 6.72. The molecule has 130 valence electrons. The molecule has 0 radical (unpaired) electrons. The Labute approximate surface area is 148 Å². The van der Waals surface area contributed by atoms with Crippen LogP contribution in [0.25, 0.3) is 0 Å². The summed E-state index contributed by atoms with van der Waals surface area (Å²) in [6.07, 6.45) is 1.89. The summed E-state index contributed by atoms with van der Waals surface area (Å²) in [5.41, 5.74) is 1.14. The van der Waals surface area contributed by atoms with Gasteiger partial charge in [-0.3, -0.25) is 4.99 Å². The number of rotatable bonds is 8. The van der Waals surface area contributed by atoms with Crippen LogP contribution in [0, 0.1) is 13.8 Å². The predicted octanol–water partition coefficient (Wildman–Crippen LogP) is 2.94. The summed E-state index contributed by atoms with van der Waals surface area (Å²) in [6.45, 7) is 6.48. The van der Waals surface area contributed by atoms with Crippen molar-refractivity contribution in [3.63, 3.8) is 0 Å². The molecule has 0 aliphatic heterocycles. The number of hydrogen-bond donors (Lipinski definition) is 2. The highest BCUT2D eigenvalue weighted by Crippen LogP contribution is 2.16. The van der Waals surface area contributed by atoms with Crippen LogP contribution in [0.4, 0.5) is 0 Å². The summed E-state index contributed by atoms with van der Waals surface area (Å²) in [4.78, 5) is 10.0. The molecule has 0 aliphatic rings. The molecule has 0 atom stereocenters. The van der Waals surface area contributed by atoms with Crippen LogP contribution in [0.2, 0.25) is 0 Å². The maximum Gasteiger partial charge on any atom is 0.190 e. The summed E-state index contributed by atoms with van der Waals surface area (Å²) in [7, 11) is 1.79. The molecule has 0 saturated heterocycles. The molecule has 1 heterocycles. The van der Waals surface area contributed by atoms with Gasteiger partial charge in [0.2, 0.25) is 0 Å². The highest BCUT2D eigenvalue weighted by molar-refractivity contribution is 7.11. The lowest BCUT2D eigenvalue weighted by Crippen LogP contribution is -2.39. The molecule has 24 heavy (non-hydrogen) atoms. The van der Waals surface area contributed by atoms with Crippen molar-refractivity contribution in [1.29, 1.82) is 0 Å². The zero-order chi connectivity index (χ0) is 17.2. The highest BCUT2D eigenvalue weighted by atomic mass is 32.1. The van der Waals surface area contributed by atoms with Crippen molar-refractivity contribution in [1.82, 2.24) is 15.6 Å². The quantitative estimate of drug-likeness (QED) is 0.438. The minimum absolute atomic E-state index is 0.688. The van der Waals surface area contributed by atoms with Gasteiger partial charge in [-0.2, -0.15) is 0 Å². The van der Waals surface area contributed by atoms with Crippen molar-refractivity contribution in [2.45, 2.75) is 26.7 Å². The zero-order valence-corrected chi connectivity index (χ0v) is 15.4. The number of ether oxygens (including phenoxy) is 1. The van der Waals surface area contributed by atoms with Crippen molar-refractivity contribution in [2.24, 2.45) is 4.99 Å². The van der Waals surface area contributed by atoms with E-state index in [0.29, 0.717) is 6.61 Å². The van der Waals surface area contributed by atoms with Gasteiger partial charge in [-0.25, -0.2) is 4.98 Å². The van der Waals surface area contributed by atoms with E-state index in [-0.39, 0.29) is 0 Å². The minimum Gasteiger partial charge on any atom is -0.494 e. The first kappa shape index (κ1) is 18.3. The molecule has 0 fully saturated rings. The maximum atomic E-state index is 5.67. The summed E-state index contributed by atoms with van der Waals surface area (Å²) < 4.78 is 5.67. The van der Waals surface area contributed by atoms with Gasteiger partial charge in [0.15, 0.2) is 5.96 Å². The number of aromatic nitrogens is 1. The Morgan fingerprint density at radius 3 is 2.58 bits per heavy atom. The highest BCUT2D eigenvalue weighted by Gasteiger charge is 2.05. The Morgan fingerprint density at radius 1 is 1.17 bits per heavy atom. The van der Waals surface area contributed by atoms with Gasteiger partial charge in [-0.05, 0) is 32.4 Å². The molecule has 6 heteroatoms. The Balaban J connectivity index is 1.59. The van der Waals surface area contributed by atoms with Crippen LogP contribution < -0.4 is 15.4 Å². The van der Waals surface area contributed by atoms with Crippen LogP contribution in [0.3, 0.4) is 0 Å². The van der Waals surface area contributed by atoms with Gasteiger partial charge in [0.05, 0.1) is 17.3 Å². The third kappa shape index (κ3) is 6.20. The summed E-state index contributed by atoms with van der Waals surface area (Å²) >= 11 is 1.77. The summed E-state index contributed by atoms with van der Waals surface area (Å²) in [5.74, 6) is 1.74. The molecule has 0 saturated carbocycles. The second kappa shape index (κ2) is 9.93. The van der Waals surface area contributed by atoms with Crippen LogP contribution >= 0.6 is 11.3 Å².